The first-order valence-electron chi connectivity index (χ1n) is 4.40. The molecule has 78 valence electrons. The van der Waals surface area contributed by atoms with Crippen LogP contribution in [0.15, 0.2) is 27.6 Å². The van der Waals surface area contributed by atoms with Crippen molar-refractivity contribution in [2.45, 2.75) is 6.54 Å². The van der Waals surface area contributed by atoms with E-state index in [9.17, 15) is 4.79 Å². The van der Waals surface area contributed by atoms with Gasteiger partial charge in [0.2, 0.25) is 0 Å². The van der Waals surface area contributed by atoms with Crippen LogP contribution in [-0.4, -0.2) is 14.7 Å². The Morgan fingerprint density at radius 1 is 1.60 bits per heavy atom. The van der Waals surface area contributed by atoms with E-state index in [1.54, 1.807) is 19.3 Å². The van der Waals surface area contributed by atoms with Gasteiger partial charge in [-0.05, 0) is 6.07 Å². The fourth-order valence-corrected chi connectivity index (χ4v) is 1.14. The summed E-state index contributed by atoms with van der Waals surface area (Å²) in [5.41, 5.74) is 5.82. The average molecular weight is 206 g/mol. The second kappa shape index (κ2) is 3.66. The van der Waals surface area contributed by atoms with Gasteiger partial charge in [0.05, 0.1) is 6.54 Å². The van der Waals surface area contributed by atoms with Gasteiger partial charge in [-0.2, -0.15) is 4.98 Å². The van der Waals surface area contributed by atoms with Crippen LogP contribution in [-0.2, 0) is 13.6 Å². The first-order chi connectivity index (χ1) is 7.20. The Morgan fingerprint density at radius 3 is 3.00 bits per heavy atom. The first kappa shape index (κ1) is 9.60. The molecule has 0 aliphatic rings. The summed E-state index contributed by atoms with van der Waals surface area (Å²) in [6.07, 6.45) is 1.64. The van der Waals surface area contributed by atoms with E-state index in [0.717, 1.165) is 0 Å². The van der Waals surface area contributed by atoms with Crippen LogP contribution < -0.4 is 11.3 Å². The highest BCUT2D eigenvalue weighted by Gasteiger charge is 2.08. The van der Waals surface area contributed by atoms with E-state index >= 15 is 0 Å². The van der Waals surface area contributed by atoms with E-state index in [2.05, 4.69) is 10.1 Å². The van der Waals surface area contributed by atoms with Gasteiger partial charge in [0.1, 0.15) is 0 Å². The maximum Gasteiger partial charge on any atom is 0.258 e. The normalized spacial score (nSPS) is 10.5. The monoisotopic (exact) mass is 206 g/mol. The van der Waals surface area contributed by atoms with Crippen molar-refractivity contribution in [1.82, 2.24) is 14.7 Å². The van der Waals surface area contributed by atoms with E-state index in [-0.39, 0.29) is 12.1 Å². The van der Waals surface area contributed by atoms with Gasteiger partial charge < -0.3 is 14.8 Å². The molecule has 2 aromatic rings. The predicted molar refractivity (Wildman–Crippen MR) is 52.9 cm³/mol. The summed E-state index contributed by atoms with van der Waals surface area (Å²) in [7, 11) is 1.67. The van der Waals surface area contributed by atoms with Crippen LogP contribution in [0.25, 0.3) is 11.5 Å². The third kappa shape index (κ3) is 1.79. The molecule has 2 heterocycles. The number of rotatable bonds is 2. The zero-order valence-corrected chi connectivity index (χ0v) is 8.17. The third-order valence-corrected chi connectivity index (χ3v) is 2.00. The van der Waals surface area contributed by atoms with Crippen molar-refractivity contribution in [2.75, 3.05) is 0 Å². The van der Waals surface area contributed by atoms with Gasteiger partial charge in [0, 0.05) is 24.9 Å². The van der Waals surface area contributed by atoms with Crippen LogP contribution in [0.3, 0.4) is 0 Å². The molecule has 15 heavy (non-hydrogen) atoms. The number of aromatic nitrogens is 3. The SMILES string of the molecule is Cn1ccc(-c2nc(CN)no2)cc1=O. The summed E-state index contributed by atoms with van der Waals surface area (Å²) in [6, 6.07) is 3.17. The molecule has 0 amide bonds. The fourth-order valence-electron chi connectivity index (χ4n) is 1.14. The van der Waals surface area contributed by atoms with Gasteiger partial charge in [-0.3, -0.25) is 4.79 Å². The van der Waals surface area contributed by atoms with Crippen LogP contribution >= 0.6 is 0 Å². The molecule has 6 heteroatoms. The zero-order valence-electron chi connectivity index (χ0n) is 8.17. The first-order valence-corrected chi connectivity index (χ1v) is 4.40. The van der Waals surface area contributed by atoms with Crippen LogP contribution in [0.4, 0.5) is 0 Å². The zero-order chi connectivity index (χ0) is 10.8. The molecule has 0 saturated heterocycles. The van der Waals surface area contributed by atoms with Gasteiger partial charge in [-0.1, -0.05) is 5.16 Å². The van der Waals surface area contributed by atoms with Crippen molar-refractivity contribution in [3.63, 3.8) is 0 Å². The Bertz CT molecular complexity index is 529. The second-order valence-corrected chi connectivity index (χ2v) is 3.08. The van der Waals surface area contributed by atoms with Crippen molar-refractivity contribution in [3.8, 4) is 11.5 Å². The van der Waals surface area contributed by atoms with E-state index in [1.807, 2.05) is 0 Å². The maximum absolute atomic E-state index is 11.3. The number of hydrogen-bond donors (Lipinski definition) is 1. The molecule has 0 bridgehead atoms. The molecule has 0 unspecified atom stereocenters. The lowest BCUT2D eigenvalue weighted by atomic mass is 10.2. The molecule has 0 atom stereocenters. The molecule has 2 N–H and O–H groups in total. The molecule has 0 fully saturated rings. The Kier molecular flexibility index (Phi) is 2.34. The van der Waals surface area contributed by atoms with Crippen LogP contribution in [0.5, 0.6) is 0 Å². The highest BCUT2D eigenvalue weighted by molar-refractivity contribution is 5.51. The molecule has 0 aliphatic heterocycles. The molecule has 2 rings (SSSR count). The second-order valence-electron chi connectivity index (χ2n) is 3.08. The molecule has 0 aliphatic carbocycles. The lowest BCUT2D eigenvalue weighted by Gasteiger charge is -1.96. The fraction of sp³-hybridized carbons (Fsp3) is 0.222. The van der Waals surface area contributed by atoms with Gasteiger partial charge >= 0.3 is 0 Å². The van der Waals surface area contributed by atoms with Gasteiger partial charge in [-0.25, -0.2) is 0 Å². The summed E-state index contributed by atoms with van der Waals surface area (Å²) in [5, 5.41) is 3.64. The number of nitrogens with zero attached hydrogens (tertiary/aromatic N) is 3. The molecular weight excluding hydrogens is 196 g/mol. The highest BCUT2D eigenvalue weighted by atomic mass is 16.5. The standard InChI is InChI=1S/C9H10N4O2/c1-13-3-2-6(4-8(13)14)9-11-7(5-10)12-15-9/h2-4H,5,10H2,1H3. The third-order valence-electron chi connectivity index (χ3n) is 2.00. The molecule has 0 saturated carbocycles. The minimum atomic E-state index is -0.125. The van der Waals surface area contributed by atoms with E-state index in [0.29, 0.717) is 17.3 Å². The number of aryl methyl sites for hydroxylation is 1. The lowest BCUT2D eigenvalue weighted by molar-refractivity contribution is 0.422. The molecular formula is C9H10N4O2. The highest BCUT2D eigenvalue weighted by Crippen LogP contribution is 2.13. The number of hydrogen-bond acceptors (Lipinski definition) is 5. The Balaban J connectivity index is 2.45. The lowest BCUT2D eigenvalue weighted by Crippen LogP contribution is -2.14. The van der Waals surface area contributed by atoms with Crippen molar-refractivity contribution in [2.24, 2.45) is 12.8 Å². The Labute approximate surface area is 85.3 Å². The van der Waals surface area contributed by atoms with Gasteiger partial charge in [0.25, 0.3) is 11.4 Å². The van der Waals surface area contributed by atoms with E-state index in [4.69, 9.17) is 10.3 Å². The Morgan fingerprint density at radius 2 is 2.40 bits per heavy atom. The smallest absolute Gasteiger partial charge is 0.258 e. The van der Waals surface area contributed by atoms with Crippen LogP contribution in [0.1, 0.15) is 5.82 Å². The van der Waals surface area contributed by atoms with Gasteiger partial charge in [0.15, 0.2) is 5.82 Å². The average Bonchev–Trinajstić information content (AvgIpc) is 2.70. The molecule has 0 aromatic carbocycles. The quantitative estimate of drug-likeness (QED) is 0.741. The van der Waals surface area contributed by atoms with Crippen molar-refractivity contribution in [1.29, 1.82) is 0 Å². The maximum atomic E-state index is 11.3. The Hall–Kier alpha value is -1.95. The number of pyridine rings is 1. The van der Waals surface area contributed by atoms with Gasteiger partial charge in [-0.15, -0.1) is 0 Å². The van der Waals surface area contributed by atoms with E-state index in [1.165, 1.54) is 10.6 Å². The largest absolute Gasteiger partial charge is 0.334 e. The van der Waals surface area contributed by atoms with E-state index < -0.39 is 0 Å². The molecule has 6 nitrogen and oxygen atoms in total. The van der Waals surface area contributed by atoms with Crippen LogP contribution in [0, 0.1) is 0 Å². The summed E-state index contributed by atoms with van der Waals surface area (Å²) >= 11 is 0. The summed E-state index contributed by atoms with van der Waals surface area (Å²) in [6.45, 7) is 0.217. The predicted octanol–water partition coefficient (Wildman–Crippen LogP) is -0.106. The summed E-state index contributed by atoms with van der Waals surface area (Å²) in [4.78, 5) is 15.4. The summed E-state index contributed by atoms with van der Waals surface area (Å²) < 4.78 is 6.41. The topological polar surface area (TPSA) is 86.9 Å². The van der Waals surface area contributed by atoms with Crippen molar-refractivity contribution in [3.05, 3.63) is 34.5 Å². The molecule has 2 aromatic heterocycles. The molecule has 0 spiro atoms. The van der Waals surface area contributed by atoms with Crippen molar-refractivity contribution < 1.29 is 4.52 Å². The minimum Gasteiger partial charge on any atom is -0.334 e. The van der Waals surface area contributed by atoms with Crippen molar-refractivity contribution >= 4 is 0 Å². The van der Waals surface area contributed by atoms with Crippen LogP contribution in [0.2, 0.25) is 0 Å². The number of nitrogens with two attached hydrogens (primary N) is 1. The minimum absolute atomic E-state index is 0.125. The molecule has 0 radical (unpaired) electrons. The summed E-state index contributed by atoms with van der Waals surface area (Å²) in [5.74, 6) is 0.735.